The van der Waals surface area contributed by atoms with Gasteiger partial charge in [-0.15, -0.1) is 0 Å². The average molecular weight is 299 g/mol. The van der Waals surface area contributed by atoms with Gasteiger partial charge in [0.15, 0.2) is 0 Å². The topological polar surface area (TPSA) is 83.9 Å². The van der Waals surface area contributed by atoms with Gasteiger partial charge in [-0.3, -0.25) is 9.59 Å². The zero-order valence-electron chi connectivity index (χ0n) is 10.9. The highest BCUT2D eigenvalue weighted by Gasteiger charge is 2.37. The van der Waals surface area contributed by atoms with Gasteiger partial charge in [0.1, 0.15) is 11.6 Å². The van der Waals surface area contributed by atoms with Crippen molar-refractivity contribution in [3.05, 3.63) is 29.3 Å². The van der Waals surface area contributed by atoms with E-state index >= 15 is 0 Å². The molecule has 0 aromatic heterocycles. The molecule has 1 heterocycles. The molecule has 0 radical (unpaired) electrons. The predicted octanol–water partition coefficient (Wildman–Crippen LogP) is 1.19. The second kappa shape index (κ2) is 5.47. The second-order valence-electron chi connectivity index (χ2n) is 4.52. The van der Waals surface area contributed by atoms with Crippen LogP contribution in [0.2, 0.25) is 0 Å². The van der Waals surface area contributed by atoms with Crippen LogP contribution in [0.4, 0.5) is 14.5 Å². The number of carboxylic acids is 1. The van der Waals surface area contributed by atoms with Crippen LogP contribution in [0.25, 0.3) is 0 Å². The molecule has 112 valence electrons. The van der Waals surface area contributed by atoms with Crippen molar-refractivity contribution >= 4 is 23.5 Å². The molecule has 0 saturated carbocycles. The lowest BCUT2D eigenvalue weighted by Crippen LogP contribution is -2.27. The third kappa shape index (κ3) is 2.69. The van der Waals surface area contributed by atoms with Crippen molar-refractivity contribution in [2.45, 2.75) is 6.42 Å². The number of hydrogen-bond acceptors (Lipinski definition) is 4. The zero-order valence-corrected chi connectivity index (χ0v) is 10.9. The van der Waals surface area contributed by atoms with Gasteiger partial charge in [-0.2, -0.15) is 0 Å². The number of carbonyl (C=O) groups excluding carboxylic acids is 2. The van der Waals surface area contributed by atoms with E-state index in [1.54, 1.807) is 0 Å². The molecule has 0 bridgehead atoms. The summed E-state index contributed by atoms with van der Waals surface area (Å²) < 4.78 is 32.0. The normalized spacial score (nSPS) is 18.0. The number of aromatic carboxylic acids is 1. The van der Waals surface area contributed by atoms with Crippen LogP contribution in [0.3, 0.4) is 0 Å². The lowest BCUT2D eigenvalue weighted by molar-refractivity contribution is -0.145. The minimum absolute atomic E-state index is 0.145. The Balaban J connectivity index is 2.35. The first-order valence-corrected chi connectivity index (χ1v) is 5.95. The Labute approximate surface area is 117 Å². The molecule has 1 unspecified atom stereocenters. The lowest BCUT2D eigenvalue weighted by atomic mass is 10.1. The van der Waals surface area contributed by atoms with Gasteiger partial charge in [0, 0.05) is 19.0 Å². The number of esters is 1. The van der Waals surface area contributed by atoms with Crippen molar-refractivity contribution in [3.8, 4) is 0 Å². The van der Waals surface area contributed by atoms with E-state index in [0.717, 1.165) is 12.0 Å². The van der Waals surface area contributed by atoms with Crippen molar-refractivity contribution in [1.29, 1.82) is 0 Å². The smallest absolute Gasteiger partial charge is 0.338 e. The highest BCUT2D eigenvalue weighted by molar-refractivity contribution is 6.00. The second-order valence-corrected chi connectivity index (χ2v) is 4.52. The van der Waals surface area contributed by atoms with Gasteiger partial charge in [-0.25, -0.2) is 13.6 Å². The number of ether oxygens (including phenoxy) is 1. The van der Waals surface area contributed by atoms with Crippen LogP contribution in [0.15, 0.2) is 12.1 Å². The molecule has 2 rings (SSSR count). The SMILES string of the molecule is COC(=O)C1CC(=O)N(c2cc(F)c(C(=O)O)cc2F)C1. The van der Waals surface area contributed by atoms with Gasteiger partial charge in [-0.1, -0.05) is 0 Å². The Kier molecular flexibility index (Phi) is 3.88. The zero-order chi connectivity index (χ0) is 15.7. The van der Waals surface area contributed by atoms with E-state index in [4.69, 9.17) is 5.11 Å². The number of amides is 1. The average Bonchev–Trinajstić information content (AvgIpc) is 2.81. The minimum Gasteiger partial charge on any atom is -0.478 e. The van der Waals surface area contributed by atoms with E-state index in [1.807, 2.05) is 0 Å². The molecular formula is C13H11F2NO5. The fourth-order valence-corrected chi connectivity index (χ4v) is 2.17. The molecule has 21 heavy (non-hydrogen) atoms. The molecule has 1 atom stereocenters. The van der Waals surface area contributed by atoms with Crippen molar-refractivity contribution in [3.63, 3.8) is 0 Å². The molecule has 1 N–H and O–H groups in total. The Morgan fingerprint density at radius 1 is 1.33 bits per heavy atom. The Morgan fingerprint density at radius 2 is 2.00 bits per heavy atom. The van der Waals surface area contributed by atoms with Crippen molar-refractivity contribution in [2.75, 3.05) is 18.6 Å². The number of halogens is 2. The number of methoxy groups -OCH3 is 1. The minimum atomic E-state index is -1.61. The quantitative estimate of drug-likeness (QED) is 0.848. The highest BCUT2D eigenvalue weighted by atomic mass is 19.1. The molecule has 1 aromatic carbocycles. The van der Waals surface area contributed by atoms with Crippen LogP contribution in [0, 0.1) is 17.6 Å². The van der Waals surface area contributed by atoms with E-state index in [9.17, 15) is 23.2 Å². The van der Waals surface area contributed by atoms with Crippen LogP contribution >= 0.6 is 0 Å². The number of rotatable bonds is 3. The molecule has 1 aliphatic heterocycles. The molecule has 1 amide bonds. The fraction of sp³-hybridized carbons (Fsp3) is 0.308. The van der Waals surface area contributed by atoms with Gasteiger partial charge < -0.3 is 14.7 Å². The Morgan fingerprint density at radius 3 is 2.57 bits per heavy atom. The molecule has 1 fully saturated rings. The van der Waals surface area contributed by atoms with Gasteiger partial charge >= 0.3 is 11.9 Å². The van der Waals surface area contributed by atoms with Gasteiger partial charge in [0.05, 0.1) is 24.3 Å². The van der Waals surface area contributed by atoms with Crippen LogP contribution in [0.1, 0.15) is 16.8 Å². The molecule has 0 aliphatic carbocycles. The van der Waals surface area contributed by atoms with Gasteiger partial charge in [-0.05, 0) is 6.07 Å². The number of carbonyl (C=O) groups is 3. The summed E-state index contributed by atoms with van der Waals surface area (Å²) in [5, 5.41) is 8.70. The third-order valence-corrected chi connectivity index (χ3v) is 3.22. The Hall–Kier alpha value is -2.51. The monoisotopic (exact) mass is 299 g/mol. The number of nitrogens with zero attached hydrogens (tertiary/aromatic N) is 1. The lowest BCUT2D eigenvalue weighted by Gasteiger charge is -2.17. The largest absolute Gasteiger partial charge is 0.478 e. The van der Waals surface area contributed by atoms with Crippen molar-refractivity contribution in [1.82, 2.24) is 0 Å². The first kappa shape index (κ1) is 14.9. The van der Waals surface area contributed by atoms with Crippen LogP contribution in [0.5, 0.6) is 0 Å². The van der Waals surface area contributed by atoms with E-state index in [1.165, 1.54) is 0 Å². The maximum absolute atomic E-state index is 13.9. The standard InChI is InChI=1S/C13H11F2NO5/c1-21-13(20)6-2-11(17)16(5-6)10-4-8(14)7(12(18)19)3-9(10)15/h3-4,6H,2,5H2,1H3,(H,18,19). The van der Waals surface area contributed by atoms with Gasteiger partial charge in [0.2, 0.25) is 5.91 Å². The molecule has 1 aromatic rings. The summed E-state index contributed by atoms with van der Waals surface area (Å²) in [5.41, 5.74) is -1.22. The predicted molar refractivity (Wildman–Crippen MR) is 65.8 cm³/mol. The van der Waals surface area contributed by atoms with Crippen molar-refractivity contribution in [2.24, 2.45) is 5.92 Å². The summed E-state index contributed by atoms with van der Waals surface area (Å²) in [6.45, 7) is -0.145. The molecule has 1 aliphatic rings. The number of hydrogen-bond donors (Lipinski definition) is 1. The maximum atomic E-state index is 13.9. The third-order valence-electron chi connectivity index (χ3n) is 3.22. The molecular weight excluding hydrogens is 288 g/mol. The number of benzene rings is 1. The van der Waals surface area contributed by atoms with Crippen molar-refractivity contribution < 1.29 is 33.0 Å². The molecule has 1 saturated heterocycles. The van der Waals surface area contributed by atoms with E-state index < -0.39 is 46.6 Å². The number of carboxylic acid groups (broad SMARTS) is 1. The summed E-state index contributed by atoms with van der Waals surface area (Å²) in [7, 11) is 1.16. The summed E-state index contributed by atoms with van der Waals surface area (Å²) in [6.07, 6.45) is -0.172. The summed E-state index contributed by atoms with van der Waals surface area (Å²) in [6, 6.07) is 1.14. The van der Waals surface area contributed by atoms with E-state index in [0.29, 0.717) is 12.1 Å². The highest BCUT2D eigenvalue weighted by Crippen LogP contribution is 2.29. The van der Waals surface area contributed by atoms with Gasteiger partial charge in [0.25, 0.3) is 0 Å². The number of anilines is 1. The van der Waals surface area contributed by atoms with Crippen LogP contribution in [-0.4, -0.2) is 36.6 Å². The first-order chi connectivity index (χ1) is 9.85. The summed E-state index contributed by atoms with van der Waals surface area (Å²) in [5.74, 6) is -5.76. The van der Waals surface area contributed by atoms with Crippen LogP contribution in [-0.2, 0) is 14.3 Å². The molecule has 0 spiro atoms. The van der Waals surface area contributed by atoms with E-state index in [2.05, 4.69) is 4.74 Å². The van der Waals surface area contributed by atoms with Crippen LogP contribution < -0.4 is 4.90 Å². The summed E-state index contributed by atoms with van der Waals surface area (Å²) >= 11 is 0. The molecule has 6 nitrogen and oxygen atoms in total. The Bertz CT molecular complexity index is 631. The summed E-state index contributed by atoms with van der Waals surface area (Å²) in [4.78, 5) is 34.8. The molecule has 8 heteroatoms. The van der Waals surface area contributed by atoms with E-state index in [-0.39, 0.29) is 13.0 Å². The first-order valence-electron chi connectivity index (χ1n) is 5.95. The maximum Gasteiger partial charge on any atom is 0.338 e. The fourth-order valence-electron chi connectivity index (χ4n) is 2.17.